The number of benzene rings is 1. The van der Waals surface area contributed by atoms with E-state index in [1.807, 2.05) is 32.0 Å². The van der Waals surface area contributed by atoms with Crippen LogP contribution in [0.15, 0.2) is 49.1 Å². The van der Waals surface area contributed by atoms with E-state index in [0.717, 1.165) is 11.4 Å². The number of carbonyl (C=O) groups excluding carboxylic acids is 1. The summed E-state index contributed by atoms with van der Waals surface area (Å²) in [7, 11) is 0. The first-order chi connectivity index (χ1) is 10.6. The number of aromatic nitrogens is 4. The predicted octanol–water partition coefficient (Wildman–Crippen LogP) is 2.53. The number of anilines is 1. The van der Waals surface area contributed by atoms with Crippen molar-refractivity contribution >= 4 is 11.6 Å². The molecular formula is C16H15N5O. The highest BCUT2D eigenvalue weighted by Crippen LogP contribution is 2.12. The highest BCUT2D eigenvalue weighted by molar-refractivity contribution is 6.04. The molecule has 0 saturated carbocycles. The lowest BCUT2D eigenvalue weighted by atomic mass is 10.2. The minimum Gasteiger partial charge on any atom is -0.319 e. The fraction of sp³-hybridized carbons (Fsp3) is 0.125. The Bertz CT molecular complexity index is 793. The second-order valence-electron chi connectivity index (χ2n) is 4.88. The van der Waals surface area contributed by atoms with Crippen molar-refractivity contribution in [3.63, 3.8) is 0 Å². The smallest absolute Gasteiger partial charge is 0.255 e. The SMILES string of the molecule is Cc1ncn(-c2ncc(NC(=O)c3ccccc3)cn2)c1C. The fourth-order valence-electron chi connectivity index (χ4n) is 2.00. The van der Waals surface area contributed by atoms with Crippen LogP contribution < -0.4 is 5.32 Å². The molecule has 0 spiro atoms. The molecule has 0 aliphatic carbocycles. The maximum Gasteiger partial charge on any atom is 0.255 e. The molecule has 1 aromatic carbocycles. The van der Waals surface area contributed by atoms with Gasteiger partial charge in [-0.2, -0.15) is 0 Å². The number of aryl methyl sites for hydroxylation is 1. The molecule has 0 fully saturated rings. The summed E-state index contributed by atoms with van der Waals surface area (Å²) in [5, 5.41) is 2.77. The summed E-state index contributed by atoms with van der Waals surface area (Å²) in [4.78, 5) is 24.8. The van der Waals surface area contributed by atoms with Crippen LogP contribution in [-0.4, -0.2) is 25.4 Å². The quantitative estimate of drug-likeness (QED) is 0.805. The molecule has 3 aromatic rings. The zero-order valence-corrected chi connectivity index (χ0v) is 12.3. The third-order valence-corrected chi connectivity index (χ3v) is 3.40. The molecule has 0 unspecified atom stereocenters. The lowest BCUT2D eigenvalue weighted by Crippen LogP contribution is -2.12. The molecule has 2 aromatic heterocycles. The highest BCUT2D eigenvalue weighted by Gasteiger charge is 2.08. The molecule has 3 rings (SSSR count). The van der Waals surface area contributed by atoms with Crippen molar-refractivity contribution in [3.8, 4) is 5.95 Å². The molecule has 22 heavy (non-hydrogen) atoms. The first-order valence-electron chi connectivity index (χ1n) is 6.84. The minimum absolute atomic E-state index is 0.188. The number of hydrogen-bond acceptors (Lipinski definition) is 4. The molecule has 0 bridgehead atoms. The zero-order chi connectivity index (χ0) is 15.5. The molecule has 6 nitrogen and oxygen atoms in total. The van der Waals surface area contributed by atoms with E-state index in [9.17, 15) is 4.79 Å². The van der Waals surface area contributed by atoms with E-state index in [1.54, 1.807) is 35.4 Å². The molecule has 0 radical (unpaired) electrons. The van der Waals surface area contributed by atoms with E-state index in [4.69, 9.17) is 0 Å². The summed E-state index contributed by atoms with van der Waals surface area (Å²) in [5.41, 5.74) is 3.06. The predicted molar refractivity (Wildman–Crippen MR) is 83.0 cm³/mol. The molecule has 2 heterocycles. The molecule has 6 heteroatoms. The second kappa shape index (κ2) is 5.77. The van der Waals surface area contributed by atoms with Crippen molar-refractivity contribution in [1.29, 1.82) is 0 Å². The first kappa shape index (κ1) is 13.9. The van der Waals surface area contributed by atoms with Gasteiger partial charge in [-0.15, -0.1) is 0 Å². The van der Waals surface area contributed by atoms with Crippen LogP contribution in [0.3, 0.4) is 0 Å². The van der Waals surface area contributed by atoms with Crippen molar-refractivity contribution in [1.82, 2.24) is 19.5 Å². The Balaban J connectivity index is 1.77. The van der Waals surface area contributed by atoms with Gasteiger partial charge in [-0.25, -0.2) is 15.0 Å². The van der Waals surface area contributed by atoms with Crippen LogP contribution in [0.4, 0.5) is 5.69 Å². The van der Waals surface area contributed by atoms with Crippen molar-refractivity contribution in [2.24, 2.45) is 0 Å². The highest BCUT2D eigenvalue weighted by atomic mass is 16.1. The van der Waals surface area contributed by atoms with Gasteiger partial charge in [0.25, 0.3) is 5.91 Å². The van der Waals surface area contributed by atoms with E-state index in [0.29, 0.717) is 17.2 Å². The number of nitrogens with one attached hydrogen (secondary N) is 1. The third kappa shape index (κ3) is 2.71. The Labute approximate surface area is 127 Å². The number of nitrogens with zero attached hydrogens (tertiary/aromatic N) is 4. The lowest BCUT2D eigenvalue weighted by molar-refractivity contribution is 0.102. The van der Waals surface area contributed by atoms with Crippen molar-refractivity contribution in [2.75, 3.05) is 5.32 Å². The zero-order valence-electron chi connectivity index (χ0n) is 12.3. The molecule has 0 saturated heterocycles. The number of imidazole rings is 1. The van der Waals surface area contributed by atoms with Crippen LogP contribution >= 0.6 is 0 Å². The van der Waals surface area contributed by atoms with Gasteiger partial charge in [-0.3, -0.25) is 9.36 Å². The van der Waals surface area contributed by atoms with E-state index < -0.39 is 0 Å². The van der Waals surface area contributed by atoms with Crippen LogP contribution in [0.1, 0.15) is 21.7 Å². The van der Waals surface area contributed by atoms with Gasteiger partial charge in [0.2, 0.25) is 5.95 Å². The topological polar surface area (TPSA) is 72.7 Å². The standard InChI is InChI=1S/C16H15N5O/c1-11-12(2)21(10-19-11)16-17-8-14(9-18-16)20-15(22)13-6-4-3-5-7-13/h3-10H,1-2H3,(H,20,22). The Kier molecular flexibility index (Phi) is 3.65. The average molecular weight is 293 g/mol. The van der Waals surface area contributed by atoms with Crippen molar-refractivity contribution < 1.29 is 4.79 Å². The van der Waals surface area contributed by atoms with Crippen LogP contribution in [-0.2, 0) is 0 Å². The number of amides is 1. The van der Waals surface area contributed by atoms with Gasteiger partial charge >= 0.3 is 0 Å². The Morgan fingerprint density at radius 3 is 2.32 bits per heavy atom. The van der Waals surface area contributed by atoms with Crippen molar-refractivity contribution in [3.05, 3.63) is 66.0 Å². The number of rotatable bonds is 3. The normalized spacial score (nSPS) is 10.5. The maximum atomic E-state index is 12.0. The third-order valence-electron chi connectivity index (χ3n) is 3.40. The van der Waals surface area contributed by atoms with Gasteiger partial charge < -0.3 is 5.32 Å². The van der Waals surface area contributed by atoms with E-state index >= 15 is 0 Å². The summed E-state index contributed by atoms with van der Waals surface area (Å²) in [5.74, 6) is 0.336. The van der Waals surface area contributed by atoms with Crippen LogP contribution in [0.5, 0.6) is 0 Å². The van der Waals surface area contributed by atoms with E-state index in [2.05, 4.69) is 20.3 Å². The monoisotopic (exact) mass is 293 g/mol. The van der Waals surface area contributed by atoms with Gasteiger partial charge in [0.1, 0.15) is 6.33 Å². The molecule has 110 valence electrons. The van der Waals surface area contributed by atoms with Crippen LogP contribution in [0.25, 0.3) is 5.95 Å². The van der Waals surface area contributed by atoms with Gasteiger partial charge in [-0.05, 0) is 26.0 Å². The molecule has 0 aliphatic heterocycles. The lowest BCUT2D eigenvalue weighted by Gasteiger charge is -2.06. The summed E-state index contributed by atoms with van der Waals surface area (Å²) in [6.07, 6.45) is 4.85. The minimum atomic E-state index is -0.188. The molecule has 1 N–H and O–H groups in total. The summed E-state index contributed by atoms with van der Waals surface area (Å²) in [6, 6.07) is 9.01. The van der Waals surface area contributed by atoms with Gasteiger partial charge in [0, 0.05) is 11.3 Å². The van der Waals surface area contributed by atoms with Gasteiger partial charge in [-0.1, -0.05) is 18.2 Å². The van der Waals surface area contributed by atoms with Crippen LogP contribution in [0, 0.1) is 13.8 Å². The Hall–Kier alpha value is -3.02. The van der Waals surface area contributed by atoms with Gasteiger partial charge in [0.15, 0.2) is 0 Å². The largest absolute Gasteiger partial charge is 0.319 e. The van der Waals surface area contributed by atoms with Crippen LogP contribution in [0.2, 0.25) is 0 Å². The summed E-state index contributed by atoms with van der Waals surface area (Å²) in [6.45, 7) is 3.89. The maximum absolute atomic E-state index is 12.0. The molecular weight excluding hydrogens is 278 g/mol. The number of carbonyl (C=O) groups is 1. The first-order valence-corrected chi connectivity index (χ1v) is 6.84. The average Bonchev–Trinajstić information content (AvgIpc) is 2.89. The van der Waals surface area contributed by atoms with Crippen molar-refractivity contribution in [2.45, 2.75) is 13.8 Å². The Morgan fingerprint density at radius 2 is 1.73 bits per heavy atom. The van der Waals surface area contributed by atoms with E-state index in [-0.39, 0.29) is 5.91 Å². The number of hydrogen-bond donors (Lipinski definition) is 1. The fourth-order valence-corrected chi connectivity index (χ4v) is 2.00. The summed E-state index contributed by atoms with van der Waals surface area (Å²) >= 11 is 0. The summed E-state index contributed by atoms with van der Waals surface area (Å²) < 4.78 is 1.80. The van der Waals surface area contributed by atoms with Gasteiger partial charge in [0.05, 0.1) is 23.8 Å². The Morgan fingerprint density at radius 1 is 1.05 bits per heavy atom. The molecule has 0 atom stereocenters. The second-order valence-corrected chi connectivity index (χ2v) is 4.88. The molecule has 1 amide bonds. The molecule has 0 aliphatic rings. The van der Waals surface area contributed by atoms with E-state index in [1.165, 1.54) is 0 Å².